The summed E-state index contributed by atoms with van der Waals surface area (Å²) in [5, 5.41) is 3.14. The zero-order valence-electron chi connectivity index (χ0n) is 9.65. The Morgan fingerprint density at radius 2 is 1.94 bits per heavy atom. The third-order valence-electron chi connectivity index (χ3n) is 2.41. The van der Waals surface area contributed by atoms with Crippen molar-refractivity contribution in [1.29, 1.82) is 0 Å². The fourth-order valence-electron chi connectivity index (χ4n) is 1.48. The molecule has 0 fully saturated rings. The molecule has 0 aliphatic rings. The molecule has 88 valence electrons. The number of nitrogens with one attached hydrogen (secondary N) is 1. The molecule has 2 rings (SSSR count). The second-order valence-corrected chi connectivity index (χ2v) is 3.84. The summed E-state index contributed by atoms with van der Waals surface area (Å²) in [7, 11) is 0. The van der Waals surface area contributed by atoms with Gasteiger partial charge in [-0.15, -0.1) is 0 Å². The molecule has 1 heterocycles. The van der Waals surface area contributed by atoms with Gasteiger partial charge in [0, 0.05) is 31.0 Å². The molecule has 0 aliphatic heterocycles. The minimum absolute atomic E-state index is 0.185. The second kappa shape index (κ2) is 5.50. The van der Waals surface area contributed by atoms with Crippen LogP contribution in [0.25, 0.3) is 0 Å². The first-order chi connectivity index (χ1) is 8.25. The highest BCUT2D eigenvalue weighted by Gasteiger charge is 2.00. The van der Waals surface area contributed by atoms with Crippen LogP contribution in [0.15, 0.2) is 36.7 Å². The largest absolute Gasteiger partial charge is 0.307 e. The Bertz CT molecular complexity index is 482. The molecule has 1 aromatic heterocycles. The Labute approximate surface area is 99.7 Å². The molecule has 0 radical (unpaired) electrons. The van der Waals surface area contributed by atoms with Crippen molar-refractivity contribution in [3.63, 3.8) is 0 Å². The van der Waals surface area contributed by atoms with Crippen LogP contribution < -0.4 is 5.32 Å². The van der Waals surface area contributed by atoms with E-state index >= 15 is 0 Å². The Morgan fingerprint density at radius 3 is 2.65 bits per heavy atom. The van der Waals surface area contributed by atoms with Gasteiger partial charge in [0.25, 0.3) is 0 Å². The fraction of sp³-hybridized carbons (Fsp3) is 0.231. The van der Waals surface area contributed by atoms with Gasteiger partial charge in [-0.25, -0.2) is 4.39 Å². The fourth-order valence-corrected chi connectivity index (χ4v) is 1.48. The SMILES string of the molecule is Cc1cnc(CNCc2ccccc2F)cn1. The number of nitrogens with zero attached hydrogens (tertiary/aromatic N) is 2. The summed E-state index contributed by atoms with van der Waals surface area (Å²) in [6.07, 6.45) is 3.45. The molecule has 0 bridgehead atoms. The van der Waals surface area contributed by atoms with Gasteiger partial charge in [-0.05, 0) is 13.0 Å². The zero-order chi connectivity index (χ0) is 12.1. The van der Waals surface area contributed by atoms with Crippen LogP contribution in [0.3, 0.4) is 0 Å². The average Bonchev–Trinajstić information content (AvgIpc) is 2.34. The van der Waals surface area contributed by atoms with Crippen molar-refractivity contribution in [2.75, 3.05) is 0 Å². The van der Waals surface area contributed by atoms with Gasteiger partial charge in [0.05, 0.1) is 11.4 Å². The quantitative estimate of drug-likeness (QED) is 0.876. The van der Waals surface area contributed by atoms with Gasteiger partial charge in [-0.2, -0.15) is 0 Å². The maximum Gasteiger partial charge on any atom is 0.127 e. The van der Waals surface area contributed by atoms with E-state index in [-0.39, 0.29) is 5.82 Å². The summed E-state index contributed by atoms with van der Waals surface area (Å²) in [4.78, 5) is 8.36. The molecule has 4 heteroatoms. The van der Waals surface area contributed by atoms with Gasteiger partial charge in [0.15, 0.2) is 0 Å². The van der Waals surface area contributed by atoms with Gasteiger partial charge in [-0.1, -0.05) is 18.2 Å². The van der Waals surface area contributed by atoms with Crippen LogP contribution in [0.1, 0.15) is 17.0 Å². The van der Waals surface area contributed by atoms with Gasteiger partial charge in [0.2, 0.25) is 0 Å². The lowest BCUT2D eigenvalue weighted by molar-refractivity contribution is 0.585. The molecule has 1 aromatic carbocycles. The van der Waals surface area contributed by atoms with Crippen LogP contribution in [-0.4, -0.2) is 9.97 Å². The first kappa shape index (κ1) is 11.7. The molecule has 0 saturated carbocycles. The number of hydrogen-bond donors (Lipinski definition) is 1. The van der Waals surface area contributed by atoms with Crippen LogP contribution in [0.2, 0.25) is 0 Å². The minimum atomic E-state index is -0.185. The maximum atomic E-state index is 13.3. The number of halogens is 1. The van der Waals surface area contributed by atoms with Crippen molar-refractivity contribution >= 4 is 0 Å². The van der Waals surface area contributed by atoms with Gasteiger partial charge in [-0.3, -0.25) is 9.97 Å². The van der Waals surface area contributed by atoms with Crippen LogP contribution in [0, 0.1) is 12.7 Å². The molecule has 0 atom stereocenters. The number of hydrogen-bond acceptors (Lipinski definition) is 3. The van der Waals surface area contributed by atoms with Gasteiger partial charge >= 0.3 is 0 Å². The molecule has 0 saturated heterocycles. The van der Waals surface area contributed by atoms with Crippen LogP contribution >= 0.6 is 0 Å². The lowest BCUT2D eigenvalue weighted by Gasteiger charge is -2.05. The molecular formula is C13H14FN3. The maximum absolute atomic E-state index is 13.3. The van der Waals surface area contributed by atoms with Crippen molar-refractivity contribution < 1.29 is 4.39 Å². The van der Waals surface area contributed by atoms with E-state index in [9.17, 15) is 4.39 Å². The van der Waals surface area contributed by atoms with Gasteiger partial charge in [0.1, 0.15) is 5.82 Å². The van der Waals surface area contributed by atoms with E-state index < -0.39 is 0 Å². The lowest BCUT2D eigenvalue weighted by Crippen LogP contribution is -2.14. The van der Waals surface area contributed by atoms with Crippen molar-refractivity contribution in [3.05, 3.63) is 59.4 Å². The molecule has 2 aromatic rings. The summed E-state index contributed by atoms with van der Waals surface area (Å²) >= 11 is 0. The number of aromatic nitrogens is 2. The number of benzene rings is 1. The molecule has 1 N–H and O–H groups in total. The van der Waals surface area contributed by atoms with Crippen molar-refractivity contribution in [1.82, 2.24) is 15.3 Å². The van der Waals surface area contributed by atoms with E-state index in [1.54, 1.807) is 24.5 Å². The Balaban J connectivity index is 1.88. The molecule has 0 unspecified atom stereocenters. The summed E-state index contributed by atoms with van der Waals surface area (Å²) in [5.41, 5.74) is 2.40. The molecule has 0 aliphatic carbocycles. The number of aryl methyl sites for hydroxylation is 1. The normalized spacial score (nSPS) is 10.5. The lowest BCUT2D eigenvalue weighted by atomic mass is 10.2. The Morgan fingerprint density at radius 1 is 1.12 bits per heavy atom. The number of rotatable bonds is 4. The van der Waals surface area contributed by atoms with E-state index in [2.05, 4.69) is 15.3 Å². The third kappa shape index (κ3) is 3.32. The first-order valence-electron chi connectivity index (χ1n) is 5.47. The minimum Gasteiger partial charge on any atom is -0.307 e. The molecule has 3 nitrogen and oxygen atoms in total. The first-order valence-corrected chi connectivity index (χ1v) is 5.47. The Hall–Kier alpha value is -1.81. The molecule has 0 spiro atoms. The van der Waals surface area contributed by atoms with Crippen molar-refractivity contribution in [2.24, 2.45) is 0 Å². The highest BCUT2D eigenvalue weighted by Crippen LogP contribution is 2.05. The second-order valence-electron chi connectivity index (χ2n) is 3.84. The summed E-state index contributed by atoms with van der Waals surface area (Å²) < 4.78 is 13.3. The van der Waals surface area contributed by atoms with E-state index in [0.717, 1.165) is 11.4 Å². The summed E-state index contributed by atoms with van der Waals surface area (Å²) in [5.74, 6) is -0.185. The van der Waals surface area contributed by atoms with E-state index in [1.165, 1.54) is 6.07 Å². The third-order valence-corrected chi connectivity index (χ3v) is 2.41. The van der Waals surface area contributed by atoms with Crippen molar-refractivity contribution in [2.45, 2.75) is 20.0 Å². The van der Waals surface area contributed by atoms with E-state index in [1.807, 2.05) is 13.0 Å². The molecule has 17 heavy (non-hydrogen) atoms. The zero-order valence-corrected chi connectivity index (χ0v) is 9.65. The topological polar surface area (TPSA) is 37.8 Å². The van der Waals surface area contributed by atoms with Crippen LogP contribution in [0.5, 0.6) is 0 Å². The smallest absolute Gasteiger partial charge is 0.127 e. The molecule has 0 amide bonds. The van der Waals surface area contributed by atoms with Crippen molar-refractivity contribution in [3.8, 4) is 0 Å². The molecular weight excluding hydrogens is 217 g/mol. The van der Waals surface area contributed by atoms with E-state index in [0.29, 0.717) is 18.7 Å². The van der Waals surface area contributed by atoms with Crippen LogP contribution in [-0.2, 0) is 13.1 Å². The average molecular weight is 231 g/mol. The standard InChI is InChI=1S/C13H14FN3/c1-10-6-17-12(9-16-10)8-15-7-11-4-2-3-5-13(11)14/h2-6,9,15H,7-8H2,1H3. The van der Waals surface area contributed by atoms with E-state index in [4.69, 9.17) is 0 Å². The highest BCUT2D eigenvalue weighted by atomic mass is 19.1. The summed E-state index contributed by atoms with van der Waals surface area (Å²) in [6.45, 7) is 2.97. The Kier molecular flexibility index (Phi) is 3.77. The predicted molar refractivity (Wildman–Crippen MR) is 63.7 cm³/mol. The summed E-state index contributed by atoms with van der Waals surface area (Å²) in [6, 6.07) is 6.74. The van der Waals surface area contributed by atoms with Crippen LogP contribution in [0.4, 0.5) is 4.39 Å². The van der Waals surface area contributed by atoms with Gasteiger partial charge < -0.3 is 5.32 Å². The monoisotopic (exact) mass is 231 g/mol. The highest BCUT2D eigenvalue weighted by molar-refractivity contribution is 5.17. The predicted octanol–water partition coefficient (Wildman–Crippen LogP) is 2.21.